The fourth-order valence-electron chi connectivity index (χ4n) is 2.86. The van der Waals surface area contributed by atoms with Gasteiger partial charge in [-0.1, -0.05) is 25.4 Å². The van der Waals surface area contributed by atoms with Crippen LogP contribution in [0.1, 0.15) is 55.3 Å². The third-order valence-corrected chi connectivity index (χ3v) is 4.06. The van der Waals surface area contributed by atoms with Crippen LogP contribution in [0.15, 0.2) is 6.07 Å². The van der Waals surface area contributed by atoms with Crippen LogP contribution in [0, 0.1) is 12.7 Å². The molecule has 1 aromatic carbocycles. The van der Waals surface area contributed by atoms with Crippen LogP contribution >= 0.6 is 11.6 Å². The fraction of sp³-hybridized carbons (Fsp3) is 0.571. The largest absolute Gasteiger partial charge is 0.310 e. The van der Waals surface area contributed by atoms with E-state index in [4.69, 9.17) is 11.6 Å². The lowest BCUT2D eigenvalue weighted by atomic mass is 9.79. The van der Waals surface area contributed by atoms with Gasteiger partial charge in [0.15, 0.2) is 0 Å². The molecule has 0 radical (unpaired) electrons. The second-order valence-electron chi connectivity index (χ2n) is 4.88. The highest BCUT2D eigenvalue weighted by Crippen LogP contribution is 2.43. The maximum Gasteiger partial charge on any atom is 0.127 e. The molecule has 0 fully saturated rings. The number of hydrogen-bond donors (Lipinski definition) is 1. The van der Waals surface area contributed by atoms with E-state index in [1.165, 1.54) is 6.07 Å². The molecule has 1 aliphatic rings. The Kier molecular flexibility index (Phi) is 3.74. The minimum absolute atomic E-state index is 0.189. The maximum atomic E-state index is 13.8. The van der Waals surface area contributed by atoms with Crippen LogP contribution in [0.2, 0.25) is 5.02 Å². The fourth-order valence-corrected chi connectivity index (χ4v) is 3.25. The van der Waals surface area contributed by atoms with Crippen molar-refractivity contribution in [2.24, 2.45) is 0 Å². The summed E-state index contributed by atoms with van der Waals surface area (Å²) in [5, 5.41) is 4.01. The lowest BCUT2D eigenvalue weighted by Gasteiger charge is -2.32. The lowest BCUT2D eigenvalue weighted by Crippen LogP contribution is -2.27. The monoisotopic (exact) mass is 255 g/mol. The Morgan fingerprint density at radius 3 is 2.76 bits per heavy atom. The average Bonchev–Trinajstić information content (AvgIpc) is 2.28. The van der Waals surface area contributed by atoms with E-state index in [1.54, 1.807) is 0 Å². The molecule has 0 bridgehead atoms. The van der Waals surface area contributed by atoms with Crippen molar-refractivity contribution in [2.75, 3.05) is 6.54 Å². The Labute approximate surface area is 107 Å². The van der Waals surface area contributed by atoms with Gasteiger partial charge in [0.2, 0.25) is 0 Å². The molecule has 0 aliphatic heterocycles. The highest BCUT2D eigenvalue weighted by Gasteiger charge is 2.29. The molecule has 0 amide bonds. The lowest BCUT2D eigenvalue weighted by molar-refractivity contribution is 0.435. The predicted molar refractivity (Wildman–Crippen MR) is 70.2 cm³/mol. The highest BCUT2D eigenvalue weighted by molar-refractivity contribution is 6.31. The maximum absolute atomic E-state index is 13.8. The molecule has 1 N–H and O–H groups in total. The van der Waals surface area contributed by atoms with Crippen LogP contribution < -0.4 is 5.32 Å². The van der Waals surface area contributed by atoms with E-state index in [0.29, 0.717) is 10.9 Å². The summed E-state index contributed by atoms with van der Waals surface area (Å²) in [7, 11) is 0. The van der Waals surface area contributed by atoms with Crippen molar-refractivity contribution in [3.05, 3.63) is 33.6 Å². The minimum atomic E-state index is -0.189. The summed E-state index contributed by atoms with van der Waals surface area (Å²) < 4.78 is 13.8. The van der Waals surface area contributed by atoms with E-state index >= 15 is 0 Å². The van der Waals surface area contributed by atoms with Gasteiger partial charge in [0.25, 0.3) is 0 Å². The standard InChI is InChI=1S/C14H19ClFN/c1-4-17-12-6-5-8(2)13-10(15)7-11(16)9(3)14(12)13/h7-8,12,17H,4-6H2,1-3H3. The van der Waals surface area contributed by atoms with Gasteiger partial charge in [-0.15, -0.1) is 0 Å². The van der Waals surface area contributed by atoms with Crippen molar-refractivity contribution in [3.63, 3.8) is 0 Å². The van der Waals surface area contributed by atoms with Crippen LogP contribution in [0.3, 0.4) is 0 Å². The van der Waals surface area contributed by atoms with E-state index in [1.807, 2.05) is 6.92 Å². The Balaban J connectivity index is 2.59. The second-order valence-corrected chi connectivity index (χ2v) is 5.29. The SMILES string of the molecule is CCNC1CCC(C)c2c(Cl)cc(F)c(C)c21. The van der Waals surface area contributed by atoms with E-state index in [-0.39, 0.29) is 11.9 Å². The first-order chi connectivity index (χ1) is 8.06. The number of fused-ring (bicyclic) bond motifs is 1. The van der Waals surface area contributed by atoms with Gasteiger partial charge in [-0.05, 0) is 55.0 Å². The first kappa shape index (κ1) is 12.8. The molecule has 94 valence electrons. The second kappa shape index (κ2) is 4.95. The Hall–Kier alpha value is -0.600. The normalized spacial score (nSPS) is 23.6. The summed E-state index contributed by atoms with van der Waals surface area (Å²) in [6, 6.07) is 1.71. The van der Waals surface area contributed by atoms with Crippen molar-refractivity contribution in [1.29, 1.82) is 0 Å². The van der Waals surface area contributed by atoms with E-state index in [0.717, 1.165) is 36.1 Å². The van der Waals surface area contributed by atoms with Gasteiger partial charge in [-0.25, -0.2) is 4.39 Å². The quantitative estimate of drug-likeness (QED) is 0.829. The summed E-state index contributed by atoms with van der Waals surface area (Å²) in [5.41, 5.74) is 2.99. The van der Waals surface area contributed by atoms with Crippen LogP contribution in [0.4, 0.5) is 4.39 Å². The summed E-state index contributed by atoms with van der Waals surface area (Å²) in [6.45, 7) is 7.00. The van der Waals surface area contributed by atoms with Gasteiger partial charge in [0, 0.05) is 11.1 Å². The molecule has 0 saturated carbocycles. The van der Waals surface area contributed by atoms with Crippen molar-refractivity contribution in [1.82, 2.24) is 5.32 Å². The van der Waals surface area contributed by atoms with Gasteiger partial charge in [0.1, 0.15) is 5.82 Å². The third kappa shape index (κ3) is 2.21. The summed E-state index contributed by atoms with van der Waals surface area (Å²) >= 11 is 6.21. The van der Waals surface area contributed by atoms with Crippen LogP contribution in [-0.4, -0.2) is 6.54 Å². The molecular weight excluding hydrogens is 237 g/mol. The first-order valence-corrected chi connectivity index (χ1v) is 6.65. The molecule has 3 heteroatoms. The van der Waals surface area contributed by atoms with E-state index in [2.05, 4.69) is 19.2 Å². The van der Waals surface area contributed by atoms with Gasteiger partial charge < -0.3 is 5.32 Å². The molecule has 1 aliphatic carbocycles. The summed E-state index contributed by atoms with van der Waals surface area (Å²) in [6.07, 6.45) is 2.16. The zero-order valence-corrected chi connectivity index (χ0v) is 11.4. The Bertz CT molecular complexity index is 431. The third-order valence-electron chi connectivity index (χ3n) is 3.74. The predicted octanol–water partition coefficient (Wildman–Crippen LogP) is 4.34. The average molecular weight is 256 g/mol. The molecule has 1 nitrogen and oxygen atoms in total. The number of benzene rings is 1. The molecule has 0 aromatic heterocycles. The van der Waals surface area contributed by atoms with E-state index < -0.39 is 0 Å². The zero-order chi connectivity index (χ0) is 12.6. The zero-order valence-electron chi connectivity index (χ0n) is 10.6. The summed E-state index contributed by atoms with van der Waals surface area (Å²) in [5.74, 6) is 0.234. The molecule has 0 saturated heterocycles. The Morgan fingerprint density at radius 2 is 2.12 bits per heavy atom. The van der Waals surface area contributed by atoms with Crippen molar-refractivity contribution in [3.8, 4) is 0 Å². The molecule has 2 rings (SSSR count). The number of hydrogen-bond acceptors (Lipinski definition) is 1. The van der Waals surface area contributed by atoms with Crippen LogP contribution in [0.5, 0.6) is 0 Å². The van der Waals surface area contributed by atoms with Crippen LogP contribution in [0.25, 0.3) is 0 Å². The number of rotatable bonds is 2. The van der Waals surface area contributed by atoms with Crippen molar-refractivity contribution in [2.45, 2.75) is 45.6 Å². The van der Waals surface area contributed by atoms with Gasteiger partial charge >= 0.3 is 0 Å². The smallest absolute Gasteiger partial charge is 0.127 e. The molecule has 2 atom stereocenters. The van der Waals surface area contributed by atoms with E-state index in [9.17, 15) is 4.39 Å². The van der Waals surface area contributed by atoms with Crippen molar-refractivity contribution < 1.29 is 4.39 Å². The molecule has 0 heterocycles. The molecule has 0 spiro atoms. The van der Waals surface area contributed by atoms with Gasteiger partial charge in [-0.2, -0.15) is 0 Å². The highest BCUT2D eigenvalue weighted by atomic mass is 35.5. The van der Waals surface area contributed by atoms with Crippen molar-refractivity contribution >= 4 is 11.6 Å². The number of halogens is 2. The molecule has 1 aromatic rings. The summed E-state index contributed by atoms with van der Waals surface area (Å²) in [4.78, 5) is 0. The molecule has 17 heavy (non-hydrogen) atoms. The van der Waals surface area contributed by atoms with Crippen LogP contribution in [-0.2, 0) is 0 Å². The first-order valence-electron chi connectivity index (χ1n) is 6.28. The molecular formula is C14H19ClFN. The molecule has 2 unspecified atom stereocenters. The van der Waals surface area contributed by atoms with Gasteiger partial charge in [0.05, 0.1) is 0 Å². The Morgan fingerprint density at radius 1 is 1.41 bits per heavy atom. The number of nitrogens with one attached hydrogen (secondary N) is 1. The topological polar surface area (TPSA) is 12.0 Å². The minimum Gasteiger partial charge on any atom is -0.310 e. The van der Waals surface area contributed by atoms with Gasteiger partial charge in [-0.3, -0.25) is 0 Å².